The summed E-state index contributed by atoms with van der Waals surface area (Å²) in [6, 6.07) is 17.4. The Kier molecular flexibility index (Phi) is 2.85. The van der Waals surface area contributed by atoms with Gasteiger partial charge in [-0.05, 0) is 42.5 Å². The molecule has 0 radical (unpaired) electrons. The molecule has 1 aliphatic rings. The summed E-state index contributed by atoms with van der Waals surface area (Å²) in [6.45, 7) is 0. The van der Waals surface area contributed by atoms with Gasteiger partial charge in [-0.15, -0.1) is 0 Å². The van der Waals surface area contributed by atoms with E-state index in [1.807, 2.05) is 48.5 Å². The van der Waals surface area contributed by atoms with Gasteiger partial charge in [0.1, 0.15) is 0 Å². The minimum Gasteiger partial charge on any atom is -0.322 e. The van der Waals surface area contributed by atoms with Crippen LogP contribution in [0.4, 0.5) is 5.69 Å². The molecule has 2 aromatic rings. The molecule has 0 atom stereocenters. The fourth-order valence-electron chi connectivity index (χ4n) is 2.15. The summed E-state index contributed by atoms with van der Waals surface area (Å²) >= 11 is 0. The van der Waals surface area contributed by atoms with Crippen molar-refractivity contribution in [3.8, 4) is 0 Å². The number of benzene rings is 2. The van der Waals surface area contributed by atoms with Gasteiger partial charge in [-0.2, -0.15) is 0 Å². The maximum Gasteiger partial charge on any atom is 0.255 e. The van der Waals surface area contributed by atoms with Crippen LogP contribution in [0, 0.1) is 0 Å². The summed E-state index contributed by atoms with van der Waals surface area (Å²) in [6.07, 6.45) is 2.47. The molecule has 0 saturated heterocycles. The van der Waals surface area contributed by atoms with Crippen molar-refractivity contribution in [3.05, 3.63) is 65.7 Å². The summed E-state index contributed by atoms with van der Waals surface area (Å²) in [5.74, 6) is 0.598. The van der Waals surface area contributed by atoms with Gasteiger partial charge in [0.25, 0.3) is 5.91 Å². The third kappa shape index (κ3) is 2.28. The van der Waals surface area contributed by atoms with Crippen LogP contribution in [0.1, 0.15) is 34.7 Å². The number of anilines is 1. The fraction of sp³-hybridized carbons (Fsp3) is 0.188. The molecule has 0 unspecified atom stereocenters. The molecule has 1 N–H and O–H groups in total. The molecule has 90 valence electrons. The average molecular weight is 237 g/mol. The second-order valence-electron chi connectivity index (χ2n) is 4.68. The van der Waals surface area contributed by atoms with Crippen molar-refractivity contribution in [2.75, 3.05) is 5.32 Å². The van der Waals surface area contributed by atoms with Crippen molar-refractivity contribution < 1.29 is 4.79 Å². The van der Waals surface area contributed by atoms with Crippen molar-refractivity contribution in [1.82, 2.24) is 0 Å². The van der Waals surface area contributed by atoms with E-state index in [4.69, 9.17) is 0 Å². The van der Waals surface area contributed by atoms with E-state index < -0.39 is 0 Å². The second kappa shape index (κ2) is 4.65. The van der Waals surface area contributed by atoms with Gasteiger partial charge < -0.3 is 5.32 Å². The molecular formula is C16H15NO. The highest BCUT2D eigenvalue weighted by Crippen LogP contribution is 2.43. The number of hydrogen-bond donors (Lipinski definition) is 1. The first kappa shape index (κ1) is 11.0. The molecule has 18 heavy (non-hydrogen) atoms. The zero-order valence-corrected chi connectivity index (χ0v) is 10.1. The molecule has 0 aromatic heterocycles. The molecule has 0 heterocycles. The van der Waals surface area contributed by atoms with Crippen LogP contribution < -0.4 is 5.32 Å². The van der Waals surface area contributed by atoms with Gasteiger partial charge in [-0.1, -0.05) is 36.4 Å². The summed E-state index contributed by atoms with van der Waals surface area (Å²) in [5, 5.41) is 3.01. The zero-order chi connectivity index (χ0) is 12.4. The molecule has 0 bridgehead atoms. The lowest BCUT2D eigenvalue weighted by Gasteiger charge is -2.10. The molecule has 1 aliphatic carbocycles. The summed E-state index contributed by atoms with van der Waals surface area (Å²) in [7, 11) is 0. The van der Waals surface area contributed by atoms with Crippen LogP contribution in [0.25, 0.3) is 0 Å². The lowest BCUT2D eigenvalue weighted by atomic mass is 10.1. The quantitative estimate of drug-likeness (QED) is 0.864. The van der Waals surface area contributed by atoms with Gasteiger partial charge in [0.15, 0.2) is 0 Å². The molecule has 1 fully saturated rings. The summed E-state index contributed by atoms with van der Waals surface area (Å²) in [4.78, 5) is 12.1. The highest BCUT2D eigenvalue weighted by molar-refractivity contribution is 6.04. The van der Waals surface area contributed by atoms with Crippen LogP contribution in [-0.4, -0.2) is 5.91 Å². The predicted molar refractivity (Wildman–Crippen MR) is 72.8 cm³/mol. The second-order valence-corrected chi connectivity index (χ2v) is 4.68. The molecule has 0 spiro atoms. The first-order valence-electron chi connectivity index (χ1n) is 6.30. The summed E-state index contributed by atoms with van der Waals surface area (Å²) in [5.41, 5.74) is 2.92. The molecule has 2 aromatic carbocycles. The number of para-hydroxylation sites is 1. The molecule has 2 heteroatoms. The zero-order valence-electron chi connectivity index (χ0n) is 10.1. The largest absolute Gasteiger partial charge is 0.322 e. The first-order valence-corrected chi connectivity index (χ1v) is 6.30. The monoisotopic (exact) mass is 237 g/mol. The minimum atomic E-state index is -0.0382. The van der Waals surface area contributed by atoms with E-state index >= 15 is 0 Å². The number of carbonyl (C=O) groups excluding carboxylic acids is 1. The molecule has 1 amide bonds. The lowest BCUT2D eigenvalue weighted by molar-refractivity contribution is 0.102. The van der Waals surface area contributed by atoms with Gasteiger partial charge in [0.2, 0.25) is 0 Å². The number of hydrogen-bond acceptors (Lipinski definition) is 1. The van der Waals surface area contributed by atoms with Crippen LogP contribution in [0.3, 0.4) is 0 Å². The Bertz CT molecular complexity index is 558. The number of amides is 1. The lowest BCUT2D eigenvalue weighted by Crippen LogP contribution is -2.12. The molecular weight excluding hydrogens is 222 g/mol. The molecule has 0 aliphatic heterocycles. The minimum absolute atomic E-state index is 0.0382. The maximum atomic E-state index is 12.1. The van der Waals surface area contributed by atoms with Gasteiger partial charge in [-0.25, -0.2) is 0 Å². The van der Waals surface area contributed by atoms with Crippen molar-refractivity contribution in [1.29, 1.82) is 0 Å². The van der Waals surface area contributed by atoms with Crippen LogP contribution in [0.5, 0.6) is 0 Å². The standard InChI is InChI=1S/C16H15NO/c18-16(13-6-2-1-3-7-13)17-15-9-5-4-8-14(15)12-10-11-12/h1-9,12H,10-11H2,(H,17,18). The maximum absolute atomic E-state index is 12.1. The van der Waals surface area contributed by atoms with Crippen LogP contribution in [0.15, 0.2) is 54.6 Å². The Morgan fingerprint density at radius 2 is 1.61 bits per heavy atom. The van der Waals surface area contributed by atoms with E-state index in [2.05, 4.69) is 11.4 Å². The average Bonchev–Trinajstić information content (AvgIpc) is 3.25. The topological polar surface area (TPSA) is 29.1 Å². The Hall–Kier alpha value is -2.09. The van der Waals surface area contributed by atoms with E-state index in [0.717, 1.165) is 5.69 Å². The Morgan fingerprint density at radius 3 is 2.33 bits per heavy atom. The van der Waals surface area contributed by atoms with Crippen molar-refractivity contribution in [2.45, 2.75) is 18.8 Å². The van der Waals surface area contributed by atoms with E-state index in [1.54, 1.807) is 0 Å². The Morgan fingerprint density at radius 1 is 0.944 bits per heavy atom. The third-order valence-corrected chi connectivity index (χ3v) is 3.26. The van der Waals surface area contributed by atoms with E-state index in [9.17, 15) is 4.79 Å². The normalized spacial score (nSPS) is 14.2. The highest BCUT2D eigenvalue weighted by Gasteiger charge is 2.26. The number of carbonyl (C=O) groups is 1. The fourth-order valence-corrected chi connectivity index (χ4v) is 2.15. The summed E-state index contributed by atoms with van der Waals surface area (Å²) < 4.78 is 0. The molecule has 3 rings (SSSR count). The molecule has 2 nitrogen and oxygen atoms in total. The SMILES string of the molecule is O=C(Nc1ccccc1C1CC1)c1ccccc1. The van der Waals surface area contributed by atoms with Gasteiger partial charge in [-0.3, -0.25) is 4.79 Å². The van der Waals surface area contributed by atoms with Crippen LogP contribution >= 0.6 is 0 Å². The van der Waals surface area contributed by atoms with Gasteiger partial charge in [0, 0.05) is 11.3 Å². The van der Waals surface area contributed by atoms with Crippen molar-refractivity contribution >= 4 is 11.6 Å². The first-order chi connectivity index (χ1) is 8.84. The van der Waals surface area contributed by atoms with Gasteiger partial charge >= 0.3 is 0 Å². The Balaban J connectivity index is 1.82. The van der Waals surface area contributed by atoms with Crippen LogP contribution in [0.2, 0.25) is 0 Å². The van der Waals surface area contributed by atoms with Crippen molar-refractivity contribution in [2.24, 2.45) is 0 Å². The smallest absolute Gasteiger partial charge is 0.255 e. The number of rotatable bonds is 3. The highest BCUT2D eigenvalue weighted by atomic mass is 16.1. The predicted octanol–water partition coefficient (Wildman–Crippen LogP) is 3.82. The molecule has 1 saturated carbocycles. The number of nitrogens with one attached hydrogen (secondary N) is 1. The van der Waals surface area contributed by atoms with E-state index in [1.165, 1.54) is 18.4 Å². The van der Waals surface area contributed by atoms with E-state index in [0.29, 0.717) is 11.5 Å². The van der Waals surface area contributed by atoms with Crippen molar-refractivity contribution in [3.63, 3.8) is 0 Å². The van der Waals surface area contributed by atoms with Gasteiger partial charge in [0.05, 0.1) is 0 Å². The van der Waals surface area contributed by atoms with E-state index in [-0.39, 0.29) is 5.91 Å². The van der Waals surface area contributed by atoms with Crippen LogP contribution in [-0.2, 0) is 0 Å². The third-order valence-electron chi connectivity index (χ3n) is 3.26. The Labute approximate surface area is 107 Å².